The molecule has 0 radical (unpaired) electrons. The van der Waals surface area contributed by atoms with E-state index in [2.05, 4.69) is 4.18 Å². The van der Waals surface area contributed by atoms with Crippen molar-refractivity contribution < 1.29 is 56.6 Å². The van der Waals surface area contributed by atoms with E-state index in [4.69, 9.17) is 10.8 Å². The van der Waals surface area contributed by atoms with Gasteiger partial charge in [0.2, 0.25) is 10.4 Å². The van der Waals surface area contributed by atoms with Crippen LogP contribution in [0.5, 0.6) is 0 Å². The summed E-state index contributed by atoms with van der Waals surface area (Å²) in [7, 11) is -4.85. The Morgan fingerprint density at radius 1 is 1.67 bits per heavy atom. The second-order valence-electron chi connectivity index (χ2n) is 1.64. The van der Waals surface area contributed by atoms with E-state index in [9.17, 15) is 17.8 Å². The molecule has 0 aliphatic rings. The monoisotopic (exact) mass is 207 g/mol. The second kappa shape index (κ2) is 5.86. The summed E-state index contributed by atoms with van der Waals surface area (Å²) in [6.45, 7) is -0.846. The molecule has 0 spiro atoms. The predicted molar refractivity (Wildman–Crippen MR) is 31.3 cm³/mol. The van der Waals surface area contributed by atoms with Crippen LogP contribution in [0.2, 0.25) is 0 Å². The predicted octanol–water partition coefficient (Wildman–Crippen LogP) is -5.12. The third-order valence-corrected chi connectivity index (χ3v) is 1.13. The summed E-state index contributed by atoms with van der Waals surface area (Å²) in [6, 6.07) is -1.50. The molecule has 0 rings (SSSR count). The molecule has 0 amide bonds. The van der Waals surface area contributed by atoms with Gasteiger partial charge in [-0.3, -0.25) is 8.98 Å². The normalized spacial score (nSPS) is 13.2. The molecule has 0 heterocycles. The zero-order valence-corrected chi connectivity index (χ0v) is 9.08. The molecule has 0 aromatic carbocycles. The summed E-state index contributed by atoms with van der Waals surface area (Å²) in [5, 5.41) is 8.08. The molecule has 1 atom stereocenters. The first-order valence-corrected chi connectivity index (χ1v) is 3.75. The van der Waals surface area contributed by atoms with Crippen molar-refractivity contribution in [1.82, 2.24) is 0 Å². The van der Waals surface area contributed by atoms with Crippen LogP contribution in [-0.4, -0.2) is 36.7 Å². The molecule has 0 aliphatic carbocycles. The van der Waals surface area contributed by atoms with Crippen LogP contribution in [0, 0.1) is 0 Å². The molecule has 0 unspecified atom stereocenters. The molecule has 0 aliphatic heterocycles. The van der Waals surface area contributed by atoms with Crippen LogP contribution in [0.3, 0.4) is 0 Å². The Labute approximate surface area is 91.1 Å². The second-order valence-corrected chi connectivity index (χ2v) is 2.69. The zero-order chi connectivity index (χ0) is 9.07. The van der Waals surface area contributed by atoms with Crippen LogP contribution in [0.25, 0.3) is 0 Å². The number of nitrogens with two attached hydrogens (primary N) is 1. The topological polar surface area (TPSA) is 130 Å². The maximum absolute atomic E-state index is 9.91. The SMILES string of the molecule is N[C@@H](COS(=O)(=O)[O-])C(=O)O.[Na+]. The molecular formula is C3H6NNaO6S. The van der Waals surface area contributed by atoms with Crippen LogP contribution in [0.4, 0.5) is 0 Å². The Morgan fingerprint density at radius 2 is 2.08 bits per heavy atom. The average molecular weight is 207 g/mol. The Hall–Kier alpha value is 0.300. The first-order valence-electron chi connectivity index (χ1n) is 2.41. The Kier molecular flexibility index (Phi) is 7.23. The number of aliphatic carboxylic acids is 1. The number of hydrogen-bond acceptors (Lipinski definition) is 6. The van der Waals surface area contributed by atoms with Gasteiger partial charge >= 0.3 is 35.5 Å². The Bertz CT molecular complexity index is 237. The van der Waals surface area contributed by atoms with Gasteiger partial charge in [-0.15, -0.1) is 0 Å². The fourth-order valence-corrected chi connectivity index (χ4v) is 0.541. The van der Waals surface area contributed by atoms with Crippen molar-refractivity contribution in [2.45, 2.75) is 6.04 Å². The van der Waals surface area contributed by atoms with E-state index in [1.807, 2.05) is 0 Å². The van der Waals surface area contributed by atoms with Crippen LogP contribution in [0.1, 0.15) is 0 Å². The van der Waals surface area contributed by atoms with E-state index >= 15 is 0 Å². The fourth-order valence-electron chi connectivity index (χ4n) is 0.228. The molecule has 0 aromatic heterocycles. The van der Waals surface area contributed by atoms with Crippen molar-refractivity contribution in [3.8, 4) is 0 Å². The van der Waals surface area contributed by atoms with Crippen LogP contribution in [-0.2, 0) is 19.4 Å². The molecule has 66 valence electrons. The van der Waals surface area contributed by atoms with Gasteiger partial charge < -0.3 is 15.4 Å². The van der Waals surface area contributed by atoms with Crippen LogP contribution in [0.15, 0.2) is 0 Å². The molecule has 0 aromatic rings. The van der Waals surface area contributed by atoms with Crippen molar-refractivity contribution >= 4 is 16.4 Å². The average Bonchev–Trinajstić information content (AvgIpc) is 1.80. The van der Waals surface area contributed by atoms with Gasteiger partial charge in [-0.2, -0.15) is 0 Å². The molecule has 12 heavy (non-hydrogen) atoms. The van der Waals surface area contributed by atoms with Gasteiger partial charge in [-0.1, -0.05) is 0 Å². The minimum atomic E-state index is -4.85. The van der Waals surface area contributed by atoms with E-state index in [1.54, 1.807) is 0 Å². The van der Waals surface area contributed by atoms with Crippen LogP contribution >= 0.6 is 0 Å². The summed E-state index contributed by atoms with van der Waals surface area (Å²) in [6.07, 6.45) is 0. The van der Waals surface area contributed by atoms with Crippen LogP contribution < -0.4 is 35.3 Å². The minimum Gasteiger partial charge on any atom is -0.726 e. The largest absolute Gasteiger partial charge is 1.00 e. The van der Waals surface area contributed by atoms with Crippen molar-refractivity contribution in [1.29, 1.82) is 0 Å². The number of carboxylic acid groups (broad SMARTS) is 1. The summed E-state index contributed by atoms with van der Waals surface area (Å²) in [4.78, 5) is 9.91. The number of rotatable bonds is 4. The smallest absolute Gasteiger partial charge is 0.726 e. The van der Waals surface area contributed by atoms with E-state index in [0.29, 0.717) is 0 Å². The first kappa shape index (κ1) is 14.8. The molecular weight excluding hydrogens is 201 g/mol. The quantitative estimate of drug-likeness (QED) is 0.268. The third kappa shape index (κ3) is 8.40. The molecule has 0 bridgehead atoms. The molecule has 7 nitrogen and oxygen atoms in total. The summed E-state index contributed by atoms with van der Waals surface area (Å²) < 4.78 is 32.8. The van der Waals surface area contributed by atoms with Crippen molar-refractivity contribution in [3.63, 3.8) is 0 Å². The summed E-state index contributed by atoms with van der Waals surface area (Å²) in [5.41, 5.74) is 4.80. The third-order valence-electron chi connectivity index (χ3n) is 0.709. The Morgan fingerprint density at radius 3 is 2.33 bits per heavy atom. The molecule has 3 N–H and O–H groups in total. The van der Waals surface area contributed by atoms with E-state index in [-0.39, 0.29) is 29.6 Å². The van der Waals surface area contributed by atoms with Gasteiger partial charge in [0.25, 0.3) is 0 Å². The Balaban J connectivity index is 0. The maximum atomic E-state index is 9.91. The standard InChI is InChI=1S/C3H7NO6S.Na/c4-2(3(5)6)1-10-11(7,8)9;/h2H,1,4H2,(H,5,6)(H,7,8,9);/q;+1/p-1/t2-;/m0./s1. The van der Waals surface area contributed by atoms with Gasteiger partial charge in [0.15, 0.2) is 0 Å². The number of carboxylic acids is 1. The van der Waals surface area contributed by atoms with Gasteiger partial charge in [-0.05, 0) is 0 Å². The number of hydrogen-bond donors (Lipinski definition) is 2. The van der Waals surface area contributed by atoms with E-state index in [1.165, 1.54) is 0 Å². The van der Waals surface area contributed by atoms with Gasteiger partial charge in [0, 0.05) is 0 Å². The van der Waals surface area contributed by atoms with Gasteiger partial charge in [0.1, 0.15) is 6.04 Å². The molecule has 0 fully saturated rings. The minimum absolute atomic E-state index is 0. The molecule has 9 heteroatoms. The zero-order valence-electron chi connectivity index (χ0n) is 6.26. The van der Waals surface area contributed by atoms with Gasteiger partial charge in [0.05, 0.1) is 6.61 Å². The molecule has 0 saturated heterocycles. The fraction of sp³-hybridized carbons (Fsp3) is 0.667. The number of carbonyl (C=O) groups is 1. The van der Waals surface area contributed by atoms with E-state index in [0.717, 1.165) is 0 Å². The van der Waals surface area contributed by atoms with Crippen molar-refractivity contribution in [3.05, 3.63) is 0 Å². The molecule has 0 saturated carbocycles. The van der Waals surface area contributed by atoms with Crippen molar-refractivity contribution in [2.75, 3.05) is 6.61 Å². The van der Waals surface area contributed by atoms with Crippen molar-refractivity contribution in [2.24, 2.45) is 5.73 Å². The van der Waals surface area contributed by atoms with E-state index < -0.39 is 29.0 Å². The maximum Gasteiger partial charge on any atom is 1.00 e. The van der Waals surface area contributed by atoms with Gasteiger partial charge in [-0.25, -0.2) is 8.42 Å². The summed E-state index contributed by atoms with van der Waals surface area (Å²) in [5.74, 6) is -1.44. The summed E-state index contributed by atoms with van der Waals surface area (Å²) >= 11 is 0. The first-order chi connectivity index (χ1) is 4.83.